The van der Waals surface area contributed by atoms with Crippen LogP contribution >= 0.6 is 0 Å². The van der Waals surface area contributed by atoms with E-state index in [9.17, 15) is 14.7 Å². The largest absolute Gasteiger partial charge is 0.465 e. The number of carboxylic acid groups (broad SMARTS) is 1. The van der Waals surface area contributed by atoms with Gasteiger partial charge in [0.15, 0.2) is 0 Å². The number of hydrogen-bond acceptors (Lipinski definition) is 4. The van der Waals surface area contributed by atoms with Crippen molar-refractivity contribution in [1.29, 1.82) is 0 Å². The summed E-state index contributed by atoms with van der Waals surface area (Å²) in [6.45, 7) is 0.161. The van der Waals surface area contributed by atoms with Gasteiger partial charge in [0.2, 0.25) is 0 Å². The molecule has 1 aromatic rings. The first-order chi connectivity index (χ1) is 9.56. The van der Waals surface area contributed by atoms with Gasteiger partial charge in [0.25, 0.3) is 0 Å². The maximum absolute atomic E-state index is 11.6. The number of carbonyl (C=O) groups excluding carboxylic acids is 1. The van der Waals surface area contributed by atoms with Gasteiger partial charge in [-0.15, -0.1) is 0 Å². The lowest BCUT2D eigenvalue weighted by molar-refractivity contribution is 0.117. The van der Waals surface area contributed by atoms with Gasteiger partial charge in [-0.05, 0) is 5.56 Å². The Hall–Kier alpha value is -2.28. The molecule has 0 aromatic heterocycles. The molecule has 0 spiro atoms. The number of ether oxygens (including phenoxy) is 1. The number of benzene rings is 1. The quantitative estimate of drug-likeness (QED) is 0.754. The molecule has 1 aliphatic rings. The Morgan fingerprint density at radius 3 is 2.60 bits per heavy atom. The summed E-state index contributed by atoms with van der Waals surface area (Å²) in [7, 11) is 0. The number of nitrogens with zero attached hydrogens (tertiary/aromatic N) is 1. The van der Waals surface area contributed by atoms with E-state index in [-0.39, 0.29) is 19.7 Å². The normalized spacial score (nSPS) is 21.6. The van der Waals surface area contributed by atoms with Gasteiger partial charge in [0.05, 0.1) is 18.7 Å². The van der Waals surface area contributed by atoms with Crippen molar-refractivity contribution in [1.82, 2.24) is 10.2 Å². The third-order valence-electron chi connectivity index (χ3n) is 3.08. The van der Waals surface area contributed by atoms with Crippen LogP contribution in [0.5, 0.6) is 0 Å². The number of aliphatic hydroxyl groups excluding tert-OH is 1. The fourth-order valence-electron chi connectivity index (χ4n) is 2.00. The highest BCUT2D eigenvalue weighted by atomic mass is 16.5. The zero-order valence-electron chi connectivity index (χ0n) is 10.7. The fourth-order valence-corrected chi connectivity index (χ4v) is 2.00. The van der Waals surface area contributed by atoms with Gasteiger partial charge < -0.3 is 25.2 Å². The molecule has 0 bridgehead atoms. The Bertz CT molecular complexity index is 479. The van der Waals surface area contributed by atoms with Gasteiger partial charge in [-0.25, -0.2) is 9.59 Å². The molecule has 2 amide bonds. The van der Waals surface area contributed by atoms with Crippen LogP contribution < -0.4 is 5.32 Å². The zero-order valence-corrected chi connectivity index (χ0v) is 10.7. The molecule has 108 valence electrons. The minimum absolute atomic E-state index is 0.0149. The van der Waals surface area contributed by atoms with Crippen LogP contribution in [0.15, 0.2) is 30.3 Å². The lowest BCUT2D eigenvalue weighted by Gasteiger charge is -2.15. The maximum atomic E-state index is 11.6. The topological polar surface area (TPSA) is 99.1 Å². The van der Waals surface area contributed by atoms with Gasteiger partial charge in [-0.2, -0.15) is 0 Å². The molecule has 3 N–H and O–H groups in total. The van der Waals surface area contributed by atoms with E-state index in [0.717, 1.165) is 10.5 Å². The van der Waals surface area contributed by atoms with Crippen molar-refractivity contribution in [3.8, 4) is 0 Å². The van der Waals surface area contributed by atoms with Crippen LogP contribution in [0.2, 0.25) is 0 Å². The average molecular weight is 280 g/mol. The van der Waals surface area contributed by atoms with Crippen molar-refractivity contribution in [3.63, 3.8) is 0 Å². The van der Waals surface area contributed by atoms with Crippen molar-refractivity contribution in [2.24, 2.45) is 0 Å². The van der Waals surface area contributed by atoms with E-state index in [4.69, 9.17) is 9.84 Å². The van der Waals surface area contributed by atoms with Crippen molar-refractivity contribution >= 4 is 12.2 Å². The Labute approximate surface area is 115 Å². The average Bonchev–Trinajstić information content (AvgIpc) is 2.79. The highest BCUT2D eigenvalue weighted by Crippen LogP contribution is 2.10. The third kappa shape index (κ3) is 3.61. The molecule has 0 radical (unpaired) electrons. The summed E-state index contributed by atoms with van der Waals surface area (Å²) in [5.74, 6) is 0. The summed E-state index contributed by atoms with van der Waals surface area (Å²) in [6, 6.07) is 8.53. The van der Waals surface area contributed by atoms with Crippen molar-refractivity contribution in [2.75, 3.05) is 13.1 Å². The summed E-state index contributed by atoms with van der Waals surface area (Å²) < 4.78 is 5.01. The van der Waals surface area contributed by atoms with Crippen LogP contribution in [0.25, 0.3) is 0 Å². The molecule has 1 heterocycles. The number of alkyl carbamates (subject to hydrolysis) is 1. The second kappa shape index (κ2) is 6.25. The first kappa shape index (κ1) is 14.1. The number of hydrogen-bond donors (Lipinski definition) is 3. The highest BCUT2D eigenvalue weighted by Gasteiger charge is 2.35. The third-order valence-corrected chi connectivity index (χ3v) is 3.08. The van der Waals surface area contributed by atoms with Crippen LogP contribution in [-0.4, -0.2) is 52.5 Å². The van der Waals surface area contributed by atoms with Gasteiger partial charge in [-0.1, -0.05) is 30.3 Å². The Balaban J connectivity index is 1.79. The second-order valence-electron chi connectivity index (χ2n) is 4.57. The molecule has 0 aliphatic carbocycles. The molecule has 1 saturated heterocycles. The predicted molar refractivity (Wildman–Crippen MR) is 69.2 cm³/mol. The fraction of sp³-hybridized carbons (Fsp3) is 0.385. The highest BCUT2D eigenvalue weighted by molar-refractivity contribution is 5.69. The van der Waals surface area contributed by atoms with E-state index in [1.165, 1.54) is 0 Å². The molecule has 0 saturated carbocycles. The standard InChI is InChI=1S/C13H16N2O5/c16-11-7-15(13(18)19)6-10(11)14-12(17)20-8-9-4-2-1-3-5-9/h1-5,10-11,16H,6-8H2,(H,14,17)(H,18,19)/t10-,11-/m0/s1. The smallest absolute Gasteiger partial charge is 0.407 e. The van der Waals surface area contributed by atoms with Crippen LogP contribution in [0, 0.1) is 0 Å². The van der Waals surface area contributed by atoms with Crippen molar-refractivity contribution < 1.29 is 24.5 Å². The van der Waals surface area contributed by atoms with Crippen LogP contribution in [0.4, 0.5) is 9.59 Å². The van der Waals surface area contributed by atoms with E-state index < -0.39 is 24.3 Å². The van der Waals surface area contributed by atoms with E-state index in [0.29, 0.717) is 0 Å². The lowest BCUT2D eigenvalue weighted by Crippen LogP contribution is -2.43. The van der Waals surface area contributed by atoms with E-state index in [1.54, 1.807) is 0 Å². The monoisotopic (exact) mass is 280 g/mol. The molecule has 1 aromatic carbocycles. The number of aliphatic hydroxyl groups is 1. The second-order valence-corrected chi connectivity index (χ2v) is 4.57. The minimum Gasteiger partial charge on any atom is -0.465 e. The van der Waals surface area contributed by atoms with Crippen LogP contribution in [0.1, 0.15) is 5.56 Å². The number of amides is 2. The Kier molecular flexibility index (Phi) is 4.41. The molecule has 0 unspecified atom stereocenters. The summed E-state index contributed by atoms with van der Waals surface area (Å²) in [5.41, 5.74) is 0.849. The summed E-state index contributed by atoms with van der Waals surface area (Å²) >= 11 is 0. The number of likely N-dealkylation sites (tertiary alicyclic amines) is 1. The van der Waals surface area contributed by atoms with Gasteiger partial charge >= 0.3 is 12.2 Å². The first-order valence-electron chi connectivity index (χ1n) is 6.19. The first-order valence-corrected chi connectivity index (χ1v) is 6.19. The number of carbonyl (C=O) groups is 2. The summed E-state index contributed by atoms with van der Waals surface area (Å²) in [5, 5.41) is 20.9. The molecule has 2 rings (SSSR count). The molecule has 7 nitrogen and oxygen atoms in total. The van der Waals surface area contributed by atoms with Crippen molar-refractivity contribution in [3.05, 3.63) is 35.9 Å². The van der Waals surface area contributed by atoms with E-state index in [2.05, 4.69) is 5.32 Å². The predicted octanol–water partition coefficient (Wildman–Crippen LogP) is 0.636. The van der Waals surface area contributed by atoms with Crippen molar-refractivity contribution in [2.45, 2.75) is 18.8 Å². The molecular weight excluding hydrogens is 264 g/mol. The van der Waals surface area contributed by atoms with Crippen LogP contribution in [-0.2, 0) is 11.3 Å². The SMILES string of the molecule is O=C(N[C@H]1CN(C(=O)O)C[C@@H]1O)OCc1ccccc1. The Morgan fingerprint density at radius 1 is 1.30 bits per heavy atom. The maximum Gasteiger partial charge on any atom is 0.407 e. The van der Waals surface area contributed by atoms with Crippen LogP contribution in [0.3, 0.4) is 0 Å². The lowest BCUT2D eigenvalue weighted by atomic mass is 10.2. The molecule has 1 aliphatic heterocycles. The molecule has 20 heavy (non-hydrogen) atoms. The molecular formula is C13H16N2O5. The summed E-state index contributed by atoms with van der Waals surface area (Å²) in [4.78, 5) is 23.4. The molecule has 7 heteroatoms. The number of nitrogens with one attached hydrogen (secondary N) is 1. The Morgan fingerprint density at radius 2 is 2.00 bits per heavy atom. The molecule has 1 fully saturated rings. The number of β-amino-alcohol motifs (C(OH)–C–C–N with tert-alkyl or cyclic N) is 1. The minimum atomic E-state index is -1.12. The zero-order chi connectivity index (χ0) is 14.5. The number of rotatable bonds is 3. The summed E-state index contributed by atoms with van der Waals surface area (Å²) in [6.07, 6.45) is -2.72. The van der Waals surface area contributed by atoms with Gasteiger partial charge in [0, 0.05) is 6.54 Å². The molecule has 2 atom stereocenters. The van der Waals surface area contributed by atoms with Gasteiger partial charge in [0.1, 0.15) is 6.61 Å². The van der Waals surface area contributed by atoms with E-state index >= 15 is 0 Å². The van der Waals surface area contributed by atoms with E-state index in [1.807, 2.05) is 30.3 Å². The van der Waals surface area contributed by atoms with Gasteiger partial charge in [-0.3, -0.25) is 0 Å².